The van der Waals surface area contributed by atoms with E-state index >= 15 is 0 Å². The molecule has 0 aliphatic carbocycles. The largest absolute Gasteiger partial charge is 0.256 e. The Balaban J connectivity index is 2.63. The first-order valence-electron chi connectivity index (χ1n) is 5.87. The van der Waals surface area contributed by atoms with Gasteiger partial charge in [0.2, 0.25) is 0 Å². The van der Waals surface area contributed by atoms with E-state index in [0.29, 0.717) is 12.1 Å². The Morgan fingerprint density at radius 1 is 1.11 bits per heavy atom. The molecule has 0 bridgehead atoms. The number of hydrogen-bond donors (Lipinski definition) is 0. The van der Waals surface area contributed by atoms with E-state index in [1.807, 2.05) is 57.2 Å². The zero-order chi connectivity index (χ0) is 13.2. The molecule has 1 nitrogen and oxygen atoms in total. The molecular formula is C15H16FNS. The SMILES string of the molecule is Cc1cccnc1-c1ccccc1C(C)(C)SF. The molecule has 1 heterocycles. The van der Waals surface area contributed by atoms with Gasteiger partial charge in [-0.1, -0.05) is 30.3 Å². The van der Waals surface area contributed by atoms with Gasteiger partial charge in [-0.05, 0) is 38.0 Å². The first-order valence-corrected chi connectivity index (χ1v) is 6.59. The van der Waals surface area contributed by atoms with Gasteiger partial charge in [-0.2, -0.15) is 3.89 Å². The molecule has 18 heavy (non-hydrogen) atoms. The number of pyridine rings is 1. The average Bonchev–Trinajstić information content (AvgIpc) is 2.39. The molecule has 0 saturated heterocycles. The van der Waals surface area contributed by atoms with Crippen LogP contribution in [0.4, 0.5) is 3.89 Å². The highest BCUT2D eigenvalue weighted by Crippen LogP contribution is 2.41. The van der Waals surface area contributed by atoms with Crippen LogP contribution in [0.1, 0.15) is 25.0 Å². The predicted molar refractivity (Wildman–Crippen MR) is 76.1 cm³/mol. The Morgan fingerprint density at radius 2 is 1.83 bits per heavy atom. The van der Waals surface area contributed by atoms with Gasteiger partial charge in [0, 0.05) is 11.8 Å². The Bertz CT molecular complexity index is 552. The van der Waals surface area contributed by atoms with E-state index in [4.69, 9.17) is 0 Å². The molecular weight excluding hydrogens is 245 g/mol. The smallest absolute Gasteiger partial charge is 0.0734 e. The van der Waals surface area contributed by atoms with Crippen molar-refractivity contribution in [1.82, 2.24) is 4.98 Å². The fraction of sp³-hybridized carbons (Fsp3) is 0.267. The third-order valence-electron chi connectivity index (χ3n) is 3.03. The van der Waals surface area contributed by atoms with Crippen molar-refractivity contribution >= 4 is 12.1 Å². The van der Waals surface area contributed by atoms with Crippen molar-refractivity contribution in [3.63, 3.8) is 0 Å². The Kier molecular flexibility index (Phi) is 3.71. The first-order chi connectivity index (χ1) is 8.56. The maximum absolute atomic E-state index is 13.1. The minimum Gasteiger partial charge on any atom is -0.256 e. The standard InChI is InChI=1S/C15H16FNS/c1-11-7-6-10-17-14(11)12-8-4-5-9-13(12)15(2,3)18-16/h4-10H,1-3H3. The van der Waals surface area contributed by atoms with E-state index in [9.17, 15) is 3.89 Å². The van der Waals surface area contributed by atoms with Crippen molar-refractivity contribution < 1.29 is 3.89 Å². The minimum atomic E-state index is -0.569. The number of halogens is 1. The first kappa shape index (κ1) is 13.1. The lowest BCUT2D eigenvalue weighted by Gasteiger charge is -2.23. The summed E-state index contributed by atoms with van der Waals surface area (Å²) in [7, 11) is 0. The second kappa shape index (κ2) is 5.11. The van der Waals surface area contributed by atoms with Gasteiger partial charge in [0.1, 0.15) is 0 Å². The van der Waals surface area contributed by atoms with Gasteiger partial charge in [0.05, 0.1) is 22.6 Å². The topological polar surface area (TPSA) is 12.9 Å². The lowest BCUT2D eigenvalue weighted by molar-refractivity contribution is 0.743. The quantitative estimate of drug-likeness (QED) is 0.778. The Morgan fingerprint density at radius 3 is 2.50 bits per heavy atom. The summed E-state index contributed by atoms with van der Waals surface area (Å²) in [5, 5.41) is 0. The monoisotopic (exact) mass is 261 g/mol. The summed E-state index contributed by atoms with van der Waals surface area (Å²) in [4.78, 5) is 4.43. The molecule has 0 radical (unpaired) electrons. The molecule has 0 atom stereocenters. The molecule has 0 spiro atoms. The van der Waals surface area contributed by atoms with Gasteiger partial charge in [0.15, 0.2) is 0 Å². The van der Waals surface area contributed by atoms with Crippen LogP contribution >= 0.6 is 12.1 Å². The zero-order valence-electron chi connectivity index (χ0n) is 10.8. The summed E-state index contributed by atoms with van der Waals surface area (Å²) in [6, 6.07) is 11.8. The van der Waals surface area contributed by atoms with Crippen molar-refractivity contribution in [1.29, 1.82) is 0 Å². The van der Waals surface area contributed by atoms with Crippen LogP contribution in [0, 0.1) is 6.92 Å². The number of rotatable bonds is 3. The molecule has 1 aromatic heterocycles. The van der Waals surface area contributed by atoms with Gasteiger partial charge in [-0.3, -0.25) is 4.98 Å². The normalized spacial score (nSPS) is 11.6. The van der Waals surface area contributed by atoms with Crippen molar-refractivity contribution in [3.05, 3.63) is 53.7 Å². The van der Waals surface area contributed by atoms with Crippen LogP contribution in [0.2, 0.25) is 0 Å². The fourth-order valence-electron chi connectivity index (χ4n) is 2.02. The predicted octanol–water partition coefficient (Wildman–Crippen LogP) is 4.91. The van der Waals surface area contributed by atoms with Crippen molar-refractivity contribution in [3.8, 4) is 11.3 Å². The van der Waals surface area contributed by atoms with Crippen LogP contribution in [0.3, 0.4) is 0 Å². The van der Waals surface area contributed by atoms with Gasteiger partial charge < -0.3 is 0 Å². The van der Waals surface area contributed by atoms with Crippen LogP contribution in [-0.2, 0) is 4.75 Å². The average molecular weight is 261 g/mol. The Hall–Kier alpha value is -1.35. The van der Waals surface area contributed by atoms with Gasteiger partial charge >= 0.3 is 0 Å². The molecule has 0 saturated carbocycles. The van der Waals surface area contributed by atoms with Crippen molar-refractivity contribution in [2.45, 2.75) is 25.5 Å². The summed E-state index contributed by atoms with van der Waals surface area (Å²) in [5.41, 5.74) is 4.00. The molecule has 2 rings (SSSR count). The number of nitrogens with zero attached hydrogens (tertiary/aromatic N) is 1. The highest BCUT2D eigenvalue weighted by molar-refractivity contribution is 7.95. The molecule has 0 aliphatic heterocycles. The highest BCUT2D eigenvalue weighted by atomic mass is 32.2. The number of aryl methyl sites for hydroxylation is 1. The second-order valence-corrected chi connectivity index (χ2v) is 5.98. The lowest BCUT2D eigenvalue weighted by Crippen LogP contribution is -2.12. The van der Waals surface area contributed by atoms with E-state index in [-0.39, 0.29) is 0 Å². The summed E-state index contributed by atoms with van der Waals surface area (Å²) in [6.07, 6.45) is 1.77. The molecule has 0 unspecified atom stereocenters. The van der Waals surface area contributed by atoms with Crippen LogP contribution < -0.4 is 0 Å². The van der Waals surface area contributed by atoms with Crippen molar-refractivity contribution in [2.24, 2.45) is 0 Å². The van der Waals surface area contributed by atoms with E-state index in [1.165, 1.54) is 0 Å². The highest BCUT2D eigenvalue weighted by Gasteiger charge is 2.26. The van der Waals surface area contributed by atoms with E-state index in [1.54, 1.807) is 6.20 Å². The zero-order valence-corrected chi connectivity index (χ0v) is 11.6. The number of hydrogen-bond acceptors (Lipinski definition) is 2. The maximum atomic E-state index is 13.1. The summed E-state index contributed by atoms with van der Waals surface area (Å²) in [5.74, 6) is 0. The third-order valence-corrected chi connectivity index (χ3v) is 3.64. The molecule has 3 heteroatoms. The molecule has 0 N–H and O–H groups in total. The Labute approximate surface area is 112 Å². The molecule has 0 amide bonds. The summed E-state index contributed by atoms with van der Waals surface area (Å²) >= 11 is 0.367. The number of aromatic nitrogens is 1. The molecule has 0 aliphatic rings. The van der Waals surface area contributed by atoms with Crippen LogP contribution in [0.15, 0.2) is 42.6 Å². The molecule has 2 aromatic rings. The van der Waals surface area contributed by atoms with E-state index in [2.05, 4.69) is 4.98 Å². The van der Waals surface area contributed by atoms with Crippen molar-refractivity contribution in [2.75, 3.05) is 0 Å². The van der Waals surface area contributed by atoms with E-state index < -0.39 is 4.75 Å². The lowest BCUT2D eigenvalue weighted by atomic mass is 9.93. The fourth-order valence-corrected chi connectivity index (χ4v) is 2.28. The van der Waals surface area contributed by atoms with Gasteiger partial charge in [0.25, 0.3) is 0 Å². The summed E-state index contributed by atoms with van der Waals surface area (Å²) < 4.78 is 12.6. The summed E-state index contributed by atoms with van der Waals surface area (Å²) in [6.45, 7) is 5.79. The van der Waals surface area contributed by atoms with E-state index in [0.717, 1.165) is 22.4 Å². The van der Waals surface area contributed by atoms with Crippen LogP contribution in [-0.4, -0.2) is 4.98 Å². The van der Waals surface area contributed by atoms with Crippen LogP contribution in [0.5, 0.6) is 0 Å². The second-order valence-electron chi connectivity index (χ2n) is 4.80. The number of benzene rings is 1. The minimum absolute atomic E-state index is 0.367. The van der Waals surface area contributed by atoms with Crippen LogP contribution in [0.25, 0.3) is 11.3 Å². The maximum Gasteiger partial charge on any atom is 0.0734 e. The molecule has 0 fully saturated rings. The molecule has 94 valence electrons. The third kappa shape index (κ3) is 2.41. The van der Waals surface area contributed by atoms with Gasteiger partial charge in [-0.25, -0.2) is 0 Å². The van der Waals surface area contributed by atoms with Gasteiger partial charge in [-0.15, -0.1) is 0 Å². The molecule has 1 aromatic carbocycles.